The molecule has 102 valence electrons. The topological polar surface area (TPSA) is 82.8 Å². The largest absolute Gasteiger partial charge is 0.377 e. The molecule has 0 unspecified atom stereocenters. The molecule has 2 aromatic heterocycles. The Labute approximate surface area is 114 Å². The van der Waals surface area contributed by atoms with Crippen molar-refractivity contribution in [3.8, 4) is 5.13 Å². The van der Waals surface area contributed by atoms with Gasteiger partial charge in [0.05, 0.1) is 5.69 Å². The maximum Gasteiger partial charge on any atom is 0.234 e. The highest BCUT2D eigenvalue weighted by Crippen LogP contribution is 2.27. The van der Waals surface area contributed by atoms with E-state index in [2.05, 4.69) is 20.5 Å². The van der Waals surface area contributed by atoms with Gasteiger partial charge in [-0.15, -0.1) is 15.3 Å². The molecule has 0 fully saturated rings. The van der Waals surface area contributed by atoms with Gasteiger partial charge in [0, 0.05) is 12.5 Å². The Kier molecular flexibility index (Phi) is 3.72. The van der Waals surface area contributed by atoms with Gasteiger partial charge in [-0.05, 0) is 0 Å². The molecule has 0 radical (unpaired) electrons. The molecule has 2 heterocycles. The zero-order valence-corrected chi connectivity index (χ0v) is 12.1. The predicted molar refractivity (Wildman–Crippen MR) is 69.6 cm³/mol. The molecular weight excluding hydrogens is 266 g/mol. The van der Waals surface area contributed by atoms with Crippen molar-refractivity contribution in [3.63, 3.8) is 0 Å². The van der Waals surface area contributed by atoms with Gasteiger partial charge in [0.2, 0.25) is 5.13 Å². The first kappa shape index (κ1) is 13.8. The average Bonchev–Trinajstić information content (AvgIpc) is 2.93. The Morgan fingerprint density at radius 1 is 1.32 bits per heavy atom. The van der Waals surface area contributed by atoms with E-state index in [4.69, 9.17) is 4.74 Å². The van der Waals surface area contributed by atoms with Gasteiger partial charge in [-0.1, -0.05) is 37.3 Å². The number of hydrogen-bond donors (Lipinski definition) is 0. The Hall–Kier alpha value is -1.67. The summed E-state index contributed by atoms with van der Waals surface area (Å²) in [4.78, 5) is 11.1. The van der Waals surface area contributed by atoms with Crippen LogP contribution in [-0.2, 0) is 16.8 Å². The zero-order chi connectivity index (χ0) is 14.0. The number of carbonyl (C=O) groups is 1. The Morgan fingerprint density at radius 3 is 2.63 bits per heavy atom. The molecule has 0 saturated carbocycles. The van der Waals surface area contributed by atoms with Crippen molar-refractivity contribution in [1.82, 2.24) is 25.2 Å². The van der Waals surface area contributed by atoms with E-state index in [-0.39, 0.29) is 5.41 Å². The minimum Gasteiger partial charge on any atom is -0.377 e. The molecule has 8 heteroatoms. The maximum atomic E-state index is 11.1. The first-order chi connectivity index (χ1) is 8.97. The smallest absolute Gasteiger partial charge is 0.234 e. The molecular formula is C11H15N5O2S. The molecule has 0 amide bonds. The lowest BCUT2D eigenvalue weighted by molar-refractivity contribution is 0.111. The van der Waals surface area contributed by atoms with E-state index < -0.39 is 0 Å². The molecule has 0 aliphatic carbocycles. The van der Waals surface area contributed by atoms with Crippen LogP contribution in [0.1, 0.15) is 42.0 Å². The Balaban J connectivity index is 2.49. The number of aldehydes is 1. The van der Waals surface area contributed by atoms with E-state index in [1.807, 2.05) is 20.8 Å². The maximum absolute atomic E-state index is 11.1. The van der Waals surface area contributed by atoms with Crippen LogP contribution in [0.5, 0.6) is 0 Å². The SMILES string of the molecule is COCc1nnc(-n2nnc(C=O)c2C(C)(C)C)s1. The van der Waals surface area contributed by atoms with Crippen molar-refractivity contribution in [1.29, 1.82) is 0 Å². The van der Waals surface area contributed by atoms with Crippen molar-refractivity contribution < 1.29 is 9.53 Å². The van der Waals surface area contributed by atoms with E-state index in [1.165, 1.54) is 11.3 Å². The summed E-state index contributed by atoms with van der Waals surface area (Å²) in [7, 11) is 1.60. The zero-order valence-electron chi connectivity index (χ0n) is 11.2. The molecule has 0 atom stereocenters. The van der Waals surface area contributed by atoms with Crippen molar-refractivity contribution in [2.75, 3.05) is 7.11 Å². The Bertz CT molecular complexity index is 584. The summed E-state index contributed by atoms with van der Waals surface area (Å²) in [6, 6.07) is 0. The van der Waals surface area contributed by atoms with Gasteiger partial charge in [0.25, 0.3) is 0 Å². The molecule has 0 bridgehead atoms. The van der Waals surface area contributed by atoms with Crippen LogP contribution in [-0.4, -0.2) is 38.6 Å². The number of hydrogen-bond acceptors (Lipinski definition) is 7. The fraction of sp³-hybridized carbons (Fsp3) is 0.545. The van der Waals surface area contributed by atoms with E-state index in [0.717, 1.165) is 10.7 Å². The summed E-state index contributed by atoms with van der Waals surface area (Å²) in [6.07, 6.45) is 0.710. The minimum absolute atomic E-state index is 0.271. The van der Waals surface area contributed by atoms with Gasteiger partial charge in [-0.25, -0.2) is 0 Å². The van der Waals surface area contributed by atoms with Crippen LogP contribution >= 0.6 is 11.3 Å². The highest BCUT2D eigenvalue weighted by molar-refractivity contribution is 7.13. The lowest BCUT2D eigenvalue weighted by Crippen LogP contribution is -2.19. The normalized spacial score (nSPS) is 11.8. The van der Waals surface area contributed by atoms with Crippen LogP contribution < -0.4 is 0 Å². The van der Waals surface area contributed by atoms with Gasteiger partial charge in [-0.3, -0.25) is 4.79 Å². The van der Waals surface area contributed by atoms with Gasteiger partial charge in [0.1, 0.15) is 17.3 Å². The summed E-state index contributed by atoms with van der Waals surface area (Å²) in [5.41, 5.74) is 0.783. The molecule has 7 nitrogen and oxygen atoms in total. The fourth-order valence-electron chi connectivity index (χ4n) is 1.72. The first-order valence-corrected chi connectivity index (χ1v) is 6.52. The van der Waals surface area contributed by atoms with Gasteiger partial charge >= 0.3 is 0 Å². The Morgan fingerprint density at radius 2 is 2.05 bits per heavy atom. The second kappa shape index (κ2) is 5.14. The number of ether oxygens (including phenoxy) is 1. The summed E-state index contributed by atoms with van der Waals surface area (Å²) in [6.45, 7) is 6.38. The molecule has 0 aliphatic heterocycles. The summed E-state index contributed by atoms with van der Waals surface area (Å²) < 4.78 is 6.58. The second-order valence-electron chi connectivity index (χ2n) is 5.01. The second-order valence-corrected chi connectivity index (χ2v) is 6.05. The number of aromatic nitrogens is 5. The quantitative estimate of drug-likeness (QED) is 0.787. The van der Waals surface area contributed by atoms with Crippen LogP contribution in [0, 0.1) is 0 Å². The van der Waals surface area contributed by atoms with Crippen LogP contribution in [0.25, 0.3) is 5.13 Å². The predicted octanol–water partition coefficient (Wildman–Crippen LogP) is 1.38. The van der Waals surface area contributed by atoms with Gasteiger partial charge in [-0.2, -0.15) is 4.68 Å². The third-order valence-corrected chi connectivity index (χ3v) is 3.30. The molecule has 0 N–H and O–H groups in total. The monoisotopic (exact) mass is 281 g/mol. The molecule has 0 saturated heterocycles. The minimum atomic E-state index is -0.271. The van der Waals surface area contributed by atoms with Crippen LogP contribution in [0.15, 0.2) is 0 Å². The first-order valence-electron chi connectivity index (χ1n) is 5.70. The van der Waals surface area contributed by atoms with Crippen molar-refractivity contribution in [2.24, 2.45) is 0 Å². The molecule has 0 aliphatic rings. The van der Waals surface area contributed by atoms with Crippen molar-refractivity contribution >= 4 is 17.6 Å². The average molecular weight is 281 g/mol. The summed E-state index contributed by atoms with van der Waals surface area (Å²) in [5.74, 6) is 0. The summed E-state index contributed by atoms with van der Waals surface area (Å²) >= 11 is 1.36. The standard InChI is InChI=1S/C11H15N5O2S/c1-11(2,3)9-7(5-17)12-15-16(9)10-14-13-8(19-10)6-18-4/h5H,6H2,1-4H3. The molecule has 2 rings (SSSR count). The number of nitrogens with zero attached hydrogens (tertiary/aromatic N) is 5. The third-order valence-electron chi connectivity index (χ3n) is 2.42. The van der Waals surface area contributed by atoms with E-state index in [9.17, 15) is 4.79 Å². The van der Waals surface area contributed by atoms with E-state index in [0.29, 0.717) is 23.7 Å². The van der Waals surface area contributed by atoms with E-state index in [1.54, 1.807) is 11.8 Å². The molecule has 19 heavy (non-hydrogen) atoms. The molecule has 0 aromatic carbocycles. The van der Waals surface area contributed by atoms with Crippen LogP contribution in [0.4, 0.5) is 0 Å². The lowest BCUT2D eigenvalue weighted by Gasteiger charge is -2.18. The fourth-order valence-corrected chi connectivity index (χ4v) is 2.49. The van der Waals surface area contributed by atoms with Crippen LogP contribution in [0.3, 0.4) is 0 Å². The lowest BCUT2D eigenvalue weighted by atomic mass is 9.90. The summed E-state index contributed by atoms with van der Waals surface area (Å²) in [5, 5.41) is 17.3. The number of carbonyl (C=O) groups excluding carboxylic acids is 1. The van der Waals surface area contributed by atoms with Crippen LogP contribution in [0.2, 0.25) is 0 Å². The van der Waals surface area contributed by atoms with E-state index >= 15 is 0 Å². The molecule has 2 aromatic rings. The highest BCUT2D eigenvalue weighted by Gasteiger charge is 2.27. The van der Waals surface area contributed by atoms with Gasteiger partial charge in [0.15, 0.2) is 6.29 Å². The van der Waals surface area contributed by atoms with Crippen molar-refractivity contribution in [2.45, 2.75) is 32.8 Å². The van der Waals surface area contributed by atoms with Crippen molar-refractivity contribution in [3.05, 3.63) is 16.4 Å². The highest BCUT2D eigenvalue weighted by atomic mass is 32.1. The number of rotatable bonds is 4. The third kappa shape index (κ3) is 2.69. The number of methoxy groups -OCH3 is 1. The van der Waals surface area contributed by atoms with Gasteiger partial charge < -0.3 is 4.74 Å². The molecule has 0 spiro atoms.